The molecule has 3 N–H and O–H groups in total. The summed E-state index contributed by atoms with van der Waals surface area (Å²) in [6.07, 6.45) is -0.227. The standard InChI is InChI=1S/C26H31IN2O6/c1-17-7-9-18(10-8-17)15-29(24(31)16-34-2)21-13-19(26(33)28-11-12-30)14-23(25(21)32)35-22-6-4-3-5-20(22)27/h3-10,14,21,23,25,30,32H,11-13,15-16H2,1-2H3,(H,28,33)/t21-,23+,25+/m1/s1. The van der Waals surface area contributed by atoms with Crippen molar-refractivity contribution < 1.29 is 29.3 Å². The molecule has 3 atom stereocenters. The van der Waals surface area contributed by atoms with Crippen molar-refractivity contribution in [2.24, 2.45) is 0 Å². The third-order valence-corrected chi connectivity index (χ3v) is 6.67. The molecule has 1 aliphatic carbocycles. The molecule has 0 spiro atoms. The van der Waals surface area contributed by atoms with E-state index in [2.05, 4.69) is 27.9 Å². The molecule has 0 aliphatic heterocycles. The number of benzene rings is 2. The summed E-state index contributed by atoms with van der Waals surface area (Å²) in [5, 5.41) is 23.2. The van der Waals surface area contributed by atoms with Crippen LogP contribution in [0.4, 0.5) is 0 Å². The van der Waals surface area contributed by atoms with E-state index in [1.165, 1.54) is 7.11 Å². The van der Waals surface area contributed by atoms with Crippen LogP contribution >= 0.6 is 22.6 Å². The molecule has 8 nitrogen and oxygen atoms in total. The van der Waals surface area contributed by atoms with Crippen LogP contribution in [-0.2, 0) is 20.9 Å². The Balaban J connectivity index is 1.96. The van der Waals surface area contributed by atoms with Crippen LogP contribution in [0.3, 0.4) is 0 Å². The number of methoxy groups -OCH3 is 1. The average molecular weight is 594 g/mol. The van der Waals surface area contributed by atoms with Gasteiger partial charge in [0.2, 0.25) is 11.8 Å². The minimum absolute atomic E-state index is 0.0984. The number of ether oxygens (including phenoxy) is 2. The summed E-state index contributed by atoms with van der Waals surface area (Å²) in [4.78, 5) is 27.5. The number of amides is 2. The second kappa shape index (κ2) is 13.0. The molecule has 0 bridgehead atoms. The van der Waals surface area contributed by atoms with E-state index >= 15 is 0 Å². The van der Waals surface area contributed by atoms with E-state index in [9.17, 15) is 14.7 Å². The number of halogens is 1. The van der Waals surface area contributed by atoms with Gasteiger partial charge >= 0.3 is 0 Å². The number of aryl methyl sites for hydroxylation is 1. The maximum atomic E-state index is 13.1. The first-order valence-corrected chi connectivity index (χ1v) is 12.4. The lowest BCUT2D eigenvalue weighted by Gasteiger charge is -2.40. The lowest BCUT2D eigenvalue weighted by atomic mass is 9.87. The van der Waals surface area contributed by atoms with Crippen LogP contribution in [0.5, 0.6) is 5.75 Å². The monoisotopic (exact) mass is 594 g/mol. The number of hydrogen-bond acceptors (Lipinski definition) is 6. The average Bonchev–Trinajstić information content (AvgIpc) is 2.85. The number of para-hydroxylation sites is 1. The molecule has 0 saturated carbocycles. The molecule has 2 amide bonds. The van der Waals surface area contributed by atoms with Gasteiger partial charge in [0.15, 0.2) is 0 Å². The molecule has 0 unspecified atom stereocenters. The van der Waals surface area contributed by atoms with Gasteiger partial charge in [-0.25, -0.2) is 0 Å². The zero-order valence-corrected chi connectivity index (χ0v) is 22.0. The fourth-order valence-corrected chi connectivity index (χ4v) is 4.47. The molecule has 3 rings (SSSR count). The molecule has 0 aromatic heterocycles. The number of nitrogens with zero attached hydrogens (tertiary/aromatic N) is 1. The van der Waals surface area contributed by atoms with Crippen molar-refractivity contribution in [1.82, 2.24) is 10.2 Å². The summed E-state index contributed by atoms with van der Waals surface area (Å²) < 4.78 is 12.1. The maximum absolute atomic E-state index is 13.1. The van der Waals surface area contributed by atoms with E-state index in [0.29, 0.717) is 11.3 Å². The van der Waals surface area contributed by atoms with Crippen molar-refractivity contribution in [2.45, 2.75) is 38.1 Å². The predicted molar refractivity (Wildman–Crippen MR) is 140 cm³/mol. The van der Waals surface area contributed by atoms with Gasteiger partial charge < -0.3 is 29.9 Å². The molecule has 0 radical (unpaired) electrons. The fraction of sp³-hybridized carbons (Fsp3) is 0.385. The first-order chi connectivity index (χ1) is 16.8. The van der Waals surface area contributed by atoms with E-state index in [0.717, 1.165) is 14.7 Å². The Labute approximate surface area is 219 Å². The third-order valence-electron chi connectivity index (χ3n) is 5.78. The first-order valence-electron chi connectivity index (χ1n) is 11.4. The SMILES string of the molecule is COCC(=O)N(Cc1ccc(C)cc1)[C@@H]1CC(C(=O)NCCO)=C[C@H](Oc2ccccc2I)[C@H]1O. The van der Waals surface area contributed by atoms with Gasteiger partial charge in [0.1, 0.15) is 24.6 Å². The van der Waals surface area contributed by atoms with Gasteiger partial charge in [-0.3, -0.25) is 9.59 Å². The summed E-state index contributed by atoms with van der Waals surface area (Å²) in [7, 11) is 1.44. The van der Waals surface area contributed by atoms with Crippen LogP contribution in [-0.4, -0.2) is 72.0 Å². The molecule has 1 aliphatic rings. The van der Waals surface area contributed by atoms with Crippen molar-refractivity contribution >= 4 is 34.4 Å². The molecule has 9 heteroatoms. The fourth-order valence-electron chi connectivity index (χ4n) is 3.95. The Kier molecular flexibility index (Phi) is 10.1. The summed E-state index contributed by atoms with van der Waals surface area (Å²) in [6.45, 7) is 1.97. The zero-order chi connectivity index (χ0) is 25.4. The minimum Gasteiger partial charge on any atom is -0.482 e. The van der Waals surface area contributed by atoms with Crippen molar-refractivity contribution in [3.05, 3.63) is 74.9 Å². The molecule has 188 valence electrons. The number of aliphatic hydroxyl groups is 2. The quantitative estimate of drug-likeness (QED) is 0.365. The highest BCUT2D eigenvalue weighted by atomic mass is 127. The molecular formula is C26H31IN2O6. The van der Waals surface area contributed by atoms with Gasteiger partial charge in [-0.15, -0.1) is 0 Å². The first kappa shape index (κ1) is 27.1. The number of rotatable bonds is 10. The Morgan fingerprint density at radius 3 is 2.54 bits per heavy atom. The van der Waals surface area contributed by atoms with Crippen LogP contribution in [0.15, 0.2) is 60.2 Å². The van der Waals surface area contributed by atoms with Gasteiger partial charge in [0.25, 0.3) is 0 Å². The highest BCUT2D eigenvalue weighted by Crippen LogP contribution is 2.30. The Morgan fingerprint density at radius 2 is 1.89 bits per heavy atom. The van der Waals surface area contributed by atoms with Crippen LogP contribution in [0.2, 0.25) is 0 Å². The Morgan fingerprint density at radius 1 is 1.17 bits per heavy atom. The van der Waals surface area contributed by atoms with E-state index in [4.69, 9.17) is 14.6 Å². The van der Waals surface area contributed by atoms with Crippen molar-refractivity contribution in [1.29, 1.82) is 0 Å². The maximum Gasteiger partial charge on any atom is 0.249 e. The summed E-state index contributed by atoms with van der Waals surface area (Å²) >= 11 is 2.14. The third kappa shape index (κ3) is 7.26. The molecule has 0 heterocycles. The van der Waals surface area contributed by atoms with Gasteiger partial charge in [0.05, 0.1) is 16.2 Å². The number of carbonyl (C=O) groups excluding carboxylic acids is 2. The largest absolute Gasteiger partial charge is 0.482 e. The molecule has 0 fully saturated rings. The number of nitrogens with one attached hydrogen (secondary N) is 1. The van der Waals surface area contributed by atoms with Crippen LogP contribution < -0.4 is 10.1 Å². The van der Waals surface area contributed by atoms with Gasteiger partial charge in [0, 0.05) is 32.2 Å². The smallest absolute Gasteiger partial charge is 0.249 e. The number of carbonyl (C=O) groups is 2. The van der Waals surface area contributed by atoms with E-state index < -0.39 is 18.2 Å². The van der Waals surface area contributed by atoms with Crippen molar-refractivity contribution in [2.75, 3.05) is 26.9 Å². The zero-order valence-electron chi connectivity index (χ0n) is 19.8. The Bertz CT molecular complexity index is 1040. The Hall–Kier alpha value is -2.47. The highest BCUT2D eigenvalue weighted by molar-refractivity contribution is 14.1. The van der Waals surface area contributed by atoms with E-state index in [-0.39, 0.29) is 44.5 Å². The predicted octanol–water partition coefficient (Wildman–Crippen LogP) is 2.19. The molecule has 35 heavy (non-hydrogen) atoms. The minimum atomic E-state index is -1.09. The normalized spacial score (nSPS) is 19.6. The van der Waals surface area contributed by atoms with Gasteiger partial charge in [-0.1, -0.05) is 42.0 Å². The number of hydrogen-bond donors (Lipinski definition) is 3. The van der Waals surface area contributed by atoms with E-state index in [1.54, 1.807) is 17.0 Å². The van der Waals surface area contributed by atoms with Crippen LogP contribution in [0.25, 0.3) is 0 Å². The topological polar surface area (TPSA) is 108 Å². The highest BCUT2D eigenvalue weighted by Gasteiger charge is 2.40. The van der Waals surface area contributed by atoms with Crippen LogP contribution in [0, 0.1) is 10.5 Å². The second-order valence-electron chi connectivity index (χ2n) is 8.39. The van der Waals surface area contributed by atoms with Crippen molar-refractivity contribution in [3.63, 3.8) is 0 Å². The second-order valence-corrected chi connectivity index (χ2v) is 9.55. The van der Waals surface area contributed by atoms with Gasteiger partial charge in [-0.05, 0) is 53.3 Å². The molecular weight excluding hydrogens is 563 g/mol. The molecule has 0 saturated heterocycles. The van der Waals surface area contributed by atoms with Crippen LogP contribution in [0.1, 0.15) is 17.5 Å². The van der Waals surface area contributed by atoms with Crippen molar-refractivity contribution in [3.8, 4) is 5.75 Å². The number of aliphatic hydroxyl groups excluding tert-OH is 2. The molecule has 2 aromatic rings. The molecule has 2 aromatic carbocycles. The summed E-state index contributed by atoms with van der Waals surface area (Å²) in [5.74, 6) is -0.110. The lowest BCUT2D eigenvalue weighted by molar-refractivity contribution is -0.143. The summed E-state index contributed by atoms with van der Waals surface area (Å²) in [5.41, 5.74) is 2.37. The lowest BCUT2D eigenvalue weighted by Crippen LogP contribution is -2.55. The summed E-state index contributed by atoms with van der Waals surface area (Å²) in [6, 6.07) is 14.4. The van der Waals surface area contributed by atoms with E-state index in [1.807, 2.05) is 49.4 Å². The van der Waals surface area contributed by atoms with Gasteiger partial charge in [-0.2, -0.15) is 0 Å².